The largest absolute Gasteiger partial charge is 0.508 e. The topological polar surface area (TPSA) is 162 Å². The molecule has 2 amide bonds. The van der Waals surface area contributed by atoms with Gasteiger partial charge in [-0.05, 0) is 55.7 Å². The molecule has 10 heteroatoms. The number of anilines is 1. The lowest BCUT2D eigenvalue weighted by Gasteiger charge is -2.24. The van der Waals surface area contributed by atoms with Gasteiger partial charge >= 0.3 is 5.97 Å². The summed E-state index contributed by atoms with van der Waals surface area (Å²) < 4.78 is 0. The summed E-state index contributed by atoms with van der Waals surface area (Å²) in [6.45, 7) is 2.71. The number of halogens is 1. The molecule has 170 valence electrons. The first-order valence-corrected chi connectivity index (χ1v) is 10.1. The van der Waals surface area contributed by atoms with Crippen molar-refractivity contribution in [1.29, 1.82) is 0 Å². The Morgan fingerprint density at radius 3 is 2.44 bits per heavy atom. The summed E-state index contributed by atoms with van der Waals surface area (Å²) >= 11 is 6.19. The number of carboxylic acid groups (broad SMARTS) is 1. The van der Waals surface area contributed by atoms with Crippen molar-refractivity contribution in [3.05, 3.63) is 58.1 Å². The van der Waals surface area contributed by atoms with Crippen molar-refractivity contribution in [2.75, 3.05) is 12.3 Å². The van der Waals surface area contributed by atoms with E-state index in [0.717, 1.165) is 0 Å². The quantitative estimate of drug-likeness (QED) is 0.342. The summed E-state index contributed by atoms with van der Waals surface area (Å²) in [4.78, 5) is 36.6. The van der Waals surface area contributed by atoms with Crippen molar-refractivity contribution in [1.82, 2.24) is 10.6 Å². The van der Waals surface area contributed by atoms with E-state index in [-0.39, 0.29) is 23.4 Å². The molecule has 2 aromatic carbocycles. The molecule has 0 saturated heterocycles. The van der Waals surface area contributed by atoms with E-state index < -0.39 is 41.4 Å². The van der Waals surface area contributed by atoms with Crippen LogP contribution in [0.2, 0.25) is 5.02 Å². The Kier molecular flexibility index (Phi) is 6.08. The van der Waals surface area contributed by atoms with Gasteiger partial charge in [0.2, 0.25) is 5.91 Å². The number of hydrogen-bond donors (Lipinski definition) is 6. The maximum absolute atomic E-state index is 12.6. The number of phenolic OH excluding ortho intramolecular Hbond substituents is 1. The van der Waals surface area contributed by atoms with Crippen LogP contribution in [0.5, 0.6) is 5.75 Å². The normalized spacial score (nSPS) is 19.8. The van der Waals surface area contributed by atoms with Gasteiger partial charge in [0.1, 0.15) is 5.75 Å². The highest BCUT2D eigenvalue weighted by Gasteiger charge is 2.61. The van der Waals surface area contributed by atoms with E-state index in [1.807, 2.05) is 0 Å². The molecule has 0 radical (unpaired) electrons. The number of aliphatic carboxylic acids is 1. The number of nitrogen functional groups attached to an aromatic ring is 1. The van der Waals surface area contributed by atoms with E-state index in [9.17, 15) is 29.7 Å². The Bertz CT molecular complexity index is 1080. The smallest absolute Gasteiger partial charge is 0.309 e. The van der Waals surface area contributed by atoms with Crippen molar-refractivity contribution >= 4 is 35.1 Å². The van der Waals surface area contributed by atoms with Crippen LogP contribution in [-0.2, 0) is 20.7 Å². The predicted octanol–water partition coefficient (Wildman–Crippen LogP) is 1.70. The Labute approximate surface area is 189 Å². The molecule has 1 fully saturated rings. The molecular weight excluding hydrogens is 438 g/mol. The third kappa shape index (κ3) is 4.95. The molecule has 0 bridgehead atoms. The fraction of sp³-hybridized carbons (Fsp3) is 0.318. The van der Waals surface area contributed by atoms with E-state index in [1.54, 1.807) is 32.0 Å². The first kappa shape index (κ1) is 23.4. The Morgan fingerprint density at radius 2 is 1.88 bits per heavy atom. The molecule has 2 atom stereocenters. The average molecular weight is 462 g/mol. The molecule has 0 spiro atoms. The van der Waals surface area contributed by atoms with Crippen molar-refractivity contribution in [3.8, 4) is 5.75 Å². The highest BCUT2D eigenvalue weighted by Crippen LogP contribution is 2.53. The summed E-state index contributed by atoms with van der Waals surface area (Å²) in [5.74, 6) is -3.41. The minimum atomic E-state index is -1.23. The van der Waals surface area contributed by atoms with Gasteiger partial charge in [-0.15, -0.1) is 0 Å². The fourth-order valence-corrected chi connectivity index (χ4v) is 3.85. The first-order chi connectivity index (χ1) is 14.8. The lowest BCUT2D eigenvalue weighted by atomic mass is 9.92. The van der Waals surface area contributed by atoms with Crippen molar-refractivity contribution in [2.45, 2.75) is 31.4 Å². The maximum Gasteiger partial charge on any atom is 0.309 e. The van der Waals surface area contributed by atoms with Crippen LogP contribution in [0.3, 0.4) is 0 Å². The number of carbonyl (C=O) groups excluding carboxylic acids is 2. The van der Waals surface area contributed by atoms with Crippen LogP contribution in [0.15, 0.2) is 36.4 Å². The van der Waals surface area contributed by atoms with Gasteiger partial charge in [0.15, 0.2) is 0 Å². The van der Waals surface area contributed by atoms with Crippen LogP contribution in [0.4, 0.5) is 5.69 Å². The Hall–Kier alpha value is -3.30. The second kappa shape index (κ2) is 8.33. The standard InChI is InChI=1S/C22H24ClN3O6/c1-21(2,32)12-5-13(7-14(23)6-12)22(9-17(22)20(30)31)26-18(28)10-25-19(29)11-3-15(24)8-16(27)4-11/h3-8,17,27,32H,9-10,24H2,1-2H3,(H,25,29)(H,26,28)(H,30,31)/t17-,22-/m0/s1. The number of rotatable bonds is 7. The summed E-state index contributed by atoms with van der Waals surface area (Å²) in [5.41, 5.74) is 4.35. The van der Waals surface area contributed by atoms with Gasteiger partial charge in [0.05, 0.1) is 23.6 Å². The van der Waals surface area contributed by atoms with Crippen LogP contribution in [-0.4, -0.2) is 39.6 Å². The first-order valence-electron chi connectivity index (χ1n) is 9.77. The summed E-state index contributed by atoms with van der Waals surface area (Å²) in [6, 6.07) is 8.56. The number of carbonyl (C=O) groups is 3. The molecule has 1 saturated carbocycles. The SMILES string of the molecule is CC(C)(O)c1cc(Cl)cc([C@@]2(NC(=O)CNC(=O)c3cc(N)cc(O)c3)C[C@H]2C(=O)O)c1. The number of benzene rings is 2. The molecule has 0 aliphatic heterocycles. The van der Waals surface area contributed by atoms with Gasteiger partial charge < -0.3 is 31.7 Å². The molecule has 7 N–H and O–H groups in total. The molecule has 2 aromatic rings. The monoisotopic (exact) mass is 461 g/mol. The number of aliphatic hydroxyl groups is 1. The average Bonchev–Trinajstić information content (AvgIpc) is 3.40. The molecule has 0 aromatic heterocycles. The summed E-state index contributed by atoms with van der Waals surface area (Å²) in [7, 11) is 0. The Balaban J connectivity index is 1.78. The van der Waals surface area contributed by atoms with Gasteiger partial charge in [0.25, 0.3) is 5.91 Å². The van der Waals surface area contributed by atoms with Crippen LogP contribution in [0, 0.1) is 5.92 Å². The molecule has 3 rings (SSSR count). The number of hydrogen-bond acceptors (Lipinski definition) is 6. The number of carboxylic acids is 1. The van der Waals surface area contributed by atoms with E-state index in [0.29, 0.717) is 16.1 Å². The lowest BCUT2D eigenvalue weighted by Crippen LogP contribution is -2.44. The van der Waals surface area contributed by atoms with Crippen LogP contribution in [0.25, 0.3) is 0 Å². The molecule has 1 aliphatic carbocycles. The summed E-state index contributed by atoms with van der Waals surface area (Å²) in [5, 5.41) is 34.9. The molecular formula is C22H24ClN3O6. The zero-order valence-electron chi connectivity index (χ0n) is 17.5. The molecule has 9 nitrogen and oxygen atoms in total. The van der Waals surface area contributed by atoms with Crippen molar-refractivity contribution < 1.29 is 29.7 Å². The number of nitrogens with two attached hydrogens (primary N) is 1. The number of aromatic hydroxyl groups is 1. The molecule has 0 heterocycles. The fourth-order valence-electron chi connectivity index (χ4n) is 3.61. The third-order valence-corrected chi connectivity index (χ3v) is 5.57. The Morgan fingerprint density at radius 1 is 1.19 bits per heavy atom. The number of phenols is 1. The minimum absolute atomic E-state index is 0.0736. The van der Waals surface area contributed by atoms with Crippen LogP contribution >= 0.6 is 11.6 Å². The van der Waals surface area contributed by atoms with E-state index >= 15 is 0 Å². The van der Waals surface area contributed by atoms with Crippen molar-refractivity contribution in [3.63, 3.8) is 0 Å². The van der Waals surface area contributed by atoms with Gasteiger partial charge in [-0.3, -0.25) is 14.4 Å². The number of amides is 2. The second-order valence-electron chi connectivity index (χ2n) is 8.40. The molecule has 0 unspecified atom stereocenters. The second-order valence-corrected chi connectivity index (χ2v) is 8.83. The number of nitrogens with one attached hydrogen (secondary N) is 2. The van der Waals surface area contributed by atoms with Gasteiger partial charge in [-0.25, -0.2) is 0 Å². The highest BCUT2D eigenvalue weighted by atomic mass is 35.5. The minimum Gasteiger partial charge on any atom is -0.508 e. The van der Waals surface area contributed by atoms with Crippen LogP contribution in [0.1, 0.15) is 41.8 Å². The third-order valence-electron chi connectivity index (χ3n) is 5.35. The highest BCUT2D eigenvalue weighted by molar-refractivity contribution is 6.30. The lowest BCUT2D eigenvalue weighted by molar-refractivity contribution is -0.139. The van der Waals surface area contributed by atoms with Gasteiger partial charge in [0, 0.05) is 22.3 Å². The van der Waals surface area contributed by atoms with Crippen LogP contribution < -0.4 is 16.4 Å². The maximum atomic E-state index is 12.6. The van der Waals surface area contributed by atoms with Gasteiger partial charge in [-0.1, -0.05) is 17.7 Å². The zero-order chi connectivity index (χ0) is 23.8. The van der Waals surface area contributed by atoms with Gasteiger partial charge in [-0.2, -0.15) is 0 Å². The van der Waals surface area contributed by atoms with Crippen molar-refractivity contribution in [2.24, 2.45) is 5.92 Å². The predicted molar refractivity (Wildman–Crippen MR) is 117 cm³/mol. The van der Waals surface area contributed by atoms with E-state index in [1.165, 1.54) is 18.2 Å². The van der Waals surface area contributed by atoms with E-state index in [2.05, 4.69) is 10.6 Å². The zero-order valence-corrected chi connectivity index (χ0v) is 18.2. The molecule has 32 heavy (non-hydrogen) atoms. The summed E-state index contributed by atoms with van der Waals surface area (Å²) in [6.07, 6.45) is 0.136. The van der Waals surface area contributed by atoms with E-state index in [4.69, 9.17) is 17.3 Å². The molecule has 1 aliphatic rings.